The SMILES string of the molecule is Cc1ccc(-c2noc(CCNC(=O)COc3cccc(C)c3C)n2)cc1. The first-order chi connectivity index (χ1) is 13.0. The zero-order valence-electron chi connectivity index (χ0n) is 15.8. The van der Waals surface area contributed by atoms with Crippen molar-refractivity contribution in [1.29, 1.82) is 0 Å². The molecule has 1 N–H and O–H groups in total. The highest BCUT2D eigenvalue weighted by molar-refractivity contribution is 5.77. The van der Waals surface area contributed by atoms with Gasteiger partial charge in [0.15, 0.2) is 6.61 Å². The second-order valence-electron chi connectivity index (χ2n) is 6.46. The van der Waals surface area contributed by atoms with E-state index in [0.717, 1.165) is 22.4 Å². The van der Waals surface area contributed by atoms with E-state index >= 15 is 0 Å². The first-order valence-corrected chi connectivity index (χ1v) is 8.88. The quantitative estimate of drug-likeness (QED) is 0.694. The van der Waals surface area contributed by atoms with Crippen molar-refractivity contribution in [3.05, 3.63) is 65.0 Å². The highest BCUT2D eigenvalue weighted by atomic mass is 16.5. The van der Waals surface area contributed by atoms with Gasteiger partial charge in [-0.15, -0.1) is 0 Å². The molecule has 3 rings (SSSR count). The van der Waals surface area contributed by atoms with Crippen LogP contribution in [0.5, 0.6) is 5.75 Å². The maximum atomic E-state index is 12.0. The van der Waals surface area contributed by atoms with Crippen LogP contribution in [0, 0.1) is 20.8 Å². The van der Waals surface area contributed by atoms with Crippen LogP contribution in [0.2, 0.25) is 0 Å². The Hall–Kier alpha value is -3.15. The predicted octanol–water partition coefficient (Wildman–Crippen LogP) is 3.40. The normalized spacial score (nSPS) is 10.6. The Kier molecular flexibility index (Phi) is 5.86. The van der Waals surface area contributed by atoms with Crippen molar-refractivity contribution in [3.8, 4) is 17.1 Å². The Labute approximate surface area is 158 Å². The summed E-state index contributed by atoms with van der Waals surface area (Å²) in [7, 11) is 0. The van der Waals surface area contributed by atoms with E-state index in [1.165, 1.54) is 5.56 Å². The summed E-state index contributed by atoms with van der Waals surface area (Å²) in [5.41, 5.74) is 4.25. The molecule has 0 aliphatic rings. The molecular weight excluding hydrogens is 342 g/mol. The van der Waals surface area contributed by atoms with Crippen molar-refractivity contribution in [2.24, 2.45) is 0 Å². The van der Waals surface area contributed by atoms with Gasteiger partial charge >= 0.3 is 0 Å². The number of carbonyl (C=O) groups excluding carboxylic acids is 1. The van der Waals surface area contributed by atoms with E-state index in [1.807, 2.05) is 63.2 Å². The van der Waals surface area contributed by atoms with E-state index in [1.54, 1.807) is 0 Å². The third kappa shape index (κ3) is 4.94. The molecule has 0 saturated carbocycles. The second-order valence-corrected chi connectivity index (χ2v) is 6.46. The maximum absolute atomic E-state index is 12.0. The molecular formula is C21H23N3O3. The molecule has 0 unspecified atom stereocenters. The summed E-state index contributed by atoms with van der Waals surface area (Å²) in [5.74, 6) is 1.58. The molecule has 1 aromatic heterocycles. The molecule has 0 atom stereocenters. The zero-order chi connectivity index (χ0) is 19.2. The van der Waals surface area contributed by atoms with Gasteiger partial charge in [-0.1, -0.05) is 47.1 Å². The van der Waals surface area contributed by atoms with Crippen molar-refractivity contribution < 1.29 is 14.1 Å². The minimum Gasteiger partial charge on any atom is -0.483 e. The third-order valence-corrected chi connectivity index (χ3v) is 4.35. The molecule has 6 heteroatoms. The van der Waals surface area contributed by atoms with Gasteiger partial charge in [-0.2, -0.15) is 4.98 Å². The highest BCUT2D eigenvalue weighted by Gasteiger charge is 2.10. The lowest BCUT2D eigenvalue weighted by Crippen LogP contribution is -2.30. The van der Waals surface area contributed by atoms with Gasteiger partial charge in [-0.25, -0.2) is 0 Å². The lowest BCUT2D eigenvalue weighted by molar-refractivity contribution is -0.123. The monoisotopic (exact) mass is 365 g/mol. The molecule has 140 valence electrons. The van der Waals surface area contributed by atoms with Gasteiger partial charge in [0.05, 0.1) is 0 Å². The second kappa shape index (κ2) is 8.49. The molecule has 3 aromatic rings. The van der Waals surface area contributed by atoms with E-state index < -0.39 is 0 Å². The summed E-state index contributed by atoms with van der Waals surface area (Å²) in [6.45, 7) is 6.40. The molecule has 0 bridgehead atoms. The predicted molar refractivity (Wildman–Crippen MR) is 103 cm³/mol. The molecule has 0 saturated heterocycles. The van der Waals surface area contributed by atoms with E-state index in [-0.39, 0.29) is 12.5 Å². The molecule has 2 aromatic carbocycles. The van der Waals surface area contributed by atoms with Gasteiger partial charge in [0, 0.05) is 18.5 Å². The minimum absolute atomic E-state index is 0.0251. The standard InChI is InChI=1S/C21H23N3O3/c1-14-7-9-17(10-8-14)21-23-20(27-24-21)11-12-22-19(25)13-26-18-6-4-5-15(2)16(18)3/h4-10H,11-13H2,1-3H3,(H,22,25). The largest absolute Gasteiger partial charge is 0.483 e. The molecule has 0 aliphatic heterocycles. The number of amides is 1. The van der Waals surface area contributed by atoms with Gasteiger partial charge in [0.2, 0.25) is 11.7 Å². The summed E-state index contributed by atoms with van der Waals surface area (Å²) in [6, 6.07) is 13.7. The average Bonchev–Trinajstić information content (AvgIpc) is 3.12. The van der Waals surface area contributed by atoms with E-state index in [4.69, 9.17) is 9.26 Å². The van der Waals surface area contributed by atoms with Crippen LogP contribution in [-0.4, -0.2) is 29.2 Å². The fourth-order valence-electron chi connectivity index (χ4n) is 2.56. The Morgan fingerprint density at radius 3 is 2.67 bits per heavy atom. The van der Waals surface area contributed by atoms with Crippen molar-refractivity contribution in [1.82, 2.24) is 15.5 Å². The van der Waals surface area contributed by atoms with Gasteiger partial charge in [0.1, 0.15) is 5.75 Å². The molecule has 0 fully saturated rings. The van der Waals surface area contributed by atoms with Gasteiger partial charge < -0.3 is 14.6 Å². The topological polar surface area (TPSA) is 77.2 Å². The molecule has 27 heavy (non-hydrogen) atoms. The van der Waals surface area contributed by atoms with Crippen LogP contribution in [0.3, 0.4) is 0 Å². The number of nitrogens with one attached hydrogen (secondary N) is 1. The van der Waals surface area contributed by atoms with Crippen LogP contribution in [0.4, 0.5) is 0 Å². The summed E-state index contributed by atoms with van der Waals surface area (Å²) < 4.78 is 10.8. The number of nitrogens with zero attached hydrogens (tertiary/aromatic N) is 2. The van der Waals surface area contributed by atoms with E-state index in [9.17, 15) is 4.79 Å². The van der Waals surface area contributed by atoms with Gasteiger partial charge in [-0.05, 0) is 38.0 Å². The third-order valence-electron chi connectivity index (χ3n) is 4.35. The first kappa shape index (κ1) is 18.6. The number of hydrogen-bond donors (Lipinski definition) is 1. The molecule has 0 radical (unpaired) electrons. The number of aromatic nitrogens is 2. The number of ether oxygens (including phenoxy) is 1. The highest BCUT2D eigenvalue weighted by Crippen LogP contribution is 2.20. The molecule has 0 aliphatic carbocycles. The molecule has 0 spiro atoms. The lowest BCUT2D eigenvalue weighted by Gasteiger charge is -2.10. The number of aryl methyl sites for hydroxylation is 2. The van der Waals surface area contributed by atoms with Crippen LogP contribution >= 0.6 is 0 Å². The Morgan fingerprint density at radius 1 is 1.11 bits per heavy atom. The van der Waals surface area contributed by atoms with Crippen LogP contribution in [-0.2, 0) is 11.2 Å². The number of rotatable bonds is 7. The Balaban J connectivity index is 1.45. The maximum Gasteiger partial charge on any atom is 0.257 e. The van der Waals surface area contributed by atoms with Crippen LogP contribution in [0.25, 0.3) is 11.4 Å². The smallest absolute Gasteiger partial charge is 0.257 e. The molecule has 1 amide bonds. The van der Waals surface area contributed by atoms with Crippen molar-refractivity contribution in [2.45, 2.75) is 27.2 Å². The van der Waals surface area contributed by atoms with Crippen LogP contribution in [0.1, 0.15) is 22.6 Å². The van der Waals surface area contributed by atoms with E-state index in [2.05, 4.69) is 15.5 Å². The Morgan fingerprint density at radius 2 is 1.89 bits per heavy atom. The summed E-state index contributed by atoms with van der Waals surface area (Å²) in [4.78, 5) is 16.3. The molecule has 1 heterocycles. The van der Waals surface area contributed by atoms with Gasteiger partial charge in [0.25, 0.3) is 5.91 Å². The number of benzene rings is 2. The zero-order valence-corrected chi connectivity index (χ0v) is 15.8. The lowest BCUT2D eigenvalue weighted by atomic mass is 10.1. The van der Waals surface area contributed by atoms with E-state index in [0.29, 0.717) is 24.7 Å². The number of hydrogen-bond acceptors (Lipinski definition) is 5. The van der Waals surface area contributed by atoms with Crippen molar-refractivity contribution in [2.75, 3.05) is 13.2 Å². The summed E-state index contributed by atoms with van der Waals surface area (Å²) in [6.07, 6.45) is 0.466. The average molecular weight is 365 g/mol. The Bertz CT molecular complexity index is 917. The summed E-state index contributed by atoms with van der Waals surface area (Å²) >= 11 is 0. The fourth-order valence-corrected chi connectivity index (χ4v) is 2.56. The minimum atomic E-state index is -0.186. The van der Waals surface area contributed by atoms with Crippen LogP contribution < -0.4 is 10.1 Å². The molecule has 6 nitrogen and oxygen atoms in total. The van der Waals surface area contributed by atoms with Gasteiger partial charge in [-0.3, -0.25) is 4.79 Å². The van der Waals surface area contributed by atoms with Crippen molar-refractivity contribution >= 4 is 5.91 Å². The fraction of sp³-hybridized carbons (Fsp3) is 0.286. The van der Waals surface area contributed by atoms with Crippen molar-refractivity contribution in [3.63, 3.8) is 0 Å². The summed E-state index contributed by atoms with van der Waals surface area (Å²) in [5, 5.41) is 6.78. The number of carbonyl (C=O) groups is 1. The van der Waals surface area contributed by atoms with Crippen LogP contribution in [0.15, 0.2) is 47.0 Å². The first-order valence-electron chi connectivity index (χ1n) is 8.88.